The Balaban J connectivity index is 1.40. The van der Waals surface area contributed by atoms with Crippen LogP contribution in [0.5, 0.6) is 0 Å². The van der Waals surface area contributed by atoms with Gasteiger partial charge in [-0.3, -0.25) is 9.97 Å². The van der Waals surface area contributed by atoms with E-state index in [-0.39, 0.29) is 6.10 Å². The van der Waals surface area contributed by atoms with Crippen molar-refractivity contribution in [2.45, 2.75) is 77.5 Å². The lowest BCUT2D eigenvalue weighted by atomic mass is 9.99. The van der Waals surface area contributed by atoms with Gasteiger partial charge in [0.2, 0.25) is 0 Å². The van der Waals surface area contributed by atoms with Gasteiger partial charge in [-0.25, -0.2) is 0 Å². The lowest BCUT2D eigenvalue weighted by Gasteiger charge is -2.17. The number of pyridine rings is 2. The predicted molar refractivity (Wildman–Crippen MR) is 109 cm³/mol. The van der Waals surface area contributed by atoms with Crippen LogP contribution in [0.3, 0.4) is 0 Å². The summed E-state index contributed by atoms with van der Waals surface area (Å²) in [6, 6.07) is 12.2. The van der Waals surface area contributed by atoms with Crippen LogP contribution in [0.2, 0.25) is 0 Å². The minimum absolute atomic E-state index is 0.178. The lowest BCUT2D eigenvalue weighted by molar-refractivity contribution is 0.0429. The first-order chi connectivity index (χ1) is 13.6. The van der Waals surface area contributed by atoms with Crippen molar-refractivity contribution >= 4 is 0 Å². The molecule has 2 unspecified atom stereocenters. The van der Waals surface area contributed by atoms with Crippen LogP contribution < -0.4 is 0 Å². The van der Waals surface area contributed by atoms with Crippen molar-refractivity contribution in [3.05, 3.63) is 59.2 Å². The molecule has 0 aliphatic heterocycles. The smallest absolute Gasteiger partial charge is 0.0891 e. The molecule has 0 N–H and O–H groups in total. The van der Waals surface area contributed by atoms with Crippen molar-refractivity contribution in [1.29, 1.82) is 0 Å². The molecule has 0 aromatic carbocycles. The standard InChI is InChI=1S/C23H32N2O3/c1-17(23-9-5-8-19(25-23)14-26-3)10-11-18(2)27-15-20-6-4-7-21(24-20)16-28-22-12-13-22/h4-9,17-18,22H,10-16H2,1-3H3. The molecule has 0 amide bonds. The number of aromatic nitrogens is 2. The van der Waals surface area contributed by atoms with E-state index in [2.05, 4.69) is 31.0 Å². The highest BCUT2D eigenvalue weighted by atomic mass is 16.5. The van der Waals surface area contributed by atoms with E-state index in [1.807, 2.05) is 24.3 Å². The van der Waals surface area contributed by atoms with E-state index in [4.69, 9.17) is 19.2 Å². The van der Waals surface area contributed by atoms with Crippen LogP contribution >= 0.6 is 0 Å². The van der Waals surface area contributed by atoms with E-state index in [1.165, 1.54) is 12.8 Å². The van der Waals surface area contributed by atoms with Crippen molar-refractivity contribution in [3.63, 3.8) is 0 Å². The molecule has 5 heteroatoms. The Labute approximate surface area is 168 Å². The molecule has 0 radical (unpaired) electrons. The van der Waals surface area contributed by atoms with Crippen LogP contribution in [-0.4, -0.2) is 29.3 Å². The molecule has 0 spiro atoms. The number of nitrogens with zero attached hydrogens (tertiary/aromatic N) is 2. The van der Waals surface area contributed by atoms with Gasteiger partial charge in [0.1, 0.15) is 0 Å². The number of methoxy groups -OCH3 is 1. The maximum Gasteiger partial charge on any atom is 0.0891 e. The normalized spacial score (nSPS) is 16.1. The Morgan fingerprint density at radius 3 is 2.29 bits per heavy atom. The fraction of sp³-hybridized carbons (Fsp3) is 0.565. The molecule has 5 nitrogen and oxygen atoms in total. The first kappa shape index (κ1) is 20.9. The highest BCUT2D eigenvalue weighted by Gasteiger charge is 2.22. The van der Waals surface area contributed by atoms with Gasteiger partial charge in [-0.05, 0) is 62.8 Å². The van der Waals surface area contributed by atoms with E-state index in [1.54, 1.807) is 7.11 Å². The first-order valence-electron chi connectivity index (χ1n) is 10.3. The molecular formula is C23H32N2O3. The molecule has 2 heterocycles. The van der Waals surface area contributed by atoms with Crippen LogP contribution in [0.4, 0.5) is 0 Å². The SMILES string of the molecule is COCc1cccc(C(C)CCC(C)OCc2cccc(COC3CC3)n2)n1. The van der Waals surface area contributed by atoms with E-state index in [0.717, 1.165) is 35.6 Å². The third-order valence-corrected chi connectivity index (χ3v) is 5.00. The minimum atomic E-state index is 0.178. The highest BCUT2D eigenvalue weighted by molar-refractivity contribution is 5.14. The second-order valence-corrected chi connectivity index (χ2v) is 7.72. The predicted octanol–water partition coefficient (Wildman–Crippen LogP) is 4.79. The van der Waals surface area contributed by atoms with Gasteiger partial charge >= 0.3 is 0 Å². The Morgan fingerprint density at radius 2 is 1.57 bits per heavy atom. The Kier molecular flexibility index (Phi) is 7.95. The molecule has 3 rings (SSSR count). The molecule has 2 aromatic rings. The molecule has 28 heavy (non-hydrogen) atoms. The van der Waals surface area contributed by atoms with Crippen molar-refractivity contribution in [2.75, 3.05) is 7.11 Å². The van der Waals surface area contributed by atoms with Crippen LogP contribution in [0, 0.1) is 0 Å². The number of hydrogen-bond acceptors (Lipinski definition) is 5. The van der Waals surface area contributed by atoms with Crippen LogP contribution in [0.15, 0.2) is 36.4 Å². The molecule has 0 saturated heterocycles. The summed E-state index contributed by atoms with van der Waals surface area (Å²) >= 11 is 0. The summed E-state index contributed by atoms with van der Waals surface area (Å²) in [6.45, 7) is 6.03. The summed E-state index contributed by atoms with van der Waals surface area (Å²) < 4.78 is 16.9. The third-order valence-electron chi connectivity index (χ3n) is 5.00. The number of hydrogen-bond donors (Lipinski definition) is 0. The van der Waals surface area contributed by atoms with Gasteiger partial charge in [-0.1, -0.05) is 19.1 Å². The summed E-state index contributed by atoms with van der Waals surface area (Å²) in [5.41, 5.74) is 4.04. The van der Waals surface area contributed by atoms with E-state index < -0.39 is 0 Å². The largest absolute Gasteiger partial charge is 0.378 e. The van der Waals surface area contributed by atoms with Gasteiger partial charge in [-0.15, -0.1) is 0 Å². The van der Waals surface area contributed by atoms with Crippen molar-refractivity contribution in [2.24, 2.45) is 0 Å². The molecule has 2 atom stereocenters. The van der Waals surface area contributed by atoms with Gasteiger partial charge in [0, 0.05) is 12.8 Å². The number of ether oxygens (including phenoxy) is 3. The van der Waals surface area contributed by atoms with Gasteiger partial charge in [0.05, 0.1) is 49.1 Å². The summed E-state index contributed by atoms with van der Waals surface area (Å²) in [7, 11) is 1.70. The van der Waals surface area contributed by atoms with Crippen molar-refractivity contribution in [1.82, 2.24) is 9.97 Å². The minimum Gasteiger partial charge on any atom is -0.378 e. The molecule has 1 aliphatic carbocycles. The fourth-order valence-corrected chi connectivity index (χ4v) is 3.07. The van der Waals surface area contributed by atoms with Crippen molar-refractivity contribution in [3.8, 4) is 0 Å². The molecule has 1 saturated carbocycles. The van der Waals surface area contributed by atoms with E-state index >= 15 is 0 Å². The van der Waals surface area contributed by atoms with Crippen LogP contribution in [0.25, 0.3) is 0 Å². The average Bonchev–Trinajstić information content (AvgIpc) is 3.54. The summed E-state index contributed by atoms with van der Waals surface area (Å²) in [4.78, 5) is 9.33. The van der Waals surface area contributed by atoms with Crippen molar-refractivity contribution < 1.29 is 14.2 Å². The number of rotatable bonds is 12. The fourth-order valence-electron chi connectivity index (χ4n) is 3.07. The molecular weight excluding hydrogens is 352 g/mol. The van der Waals surface area contributed by atoms with Gasteiger partial charge in [0.25, 0.3) is 0 Å². The monoisotopic (exact) mass is 384 g/mol. The quantitative estimate of drug-likeness (QED) is 0.526. The van der Waals surface area contributed by atoms with Gasteiger partial charge in [0.15, 0.2) is 0 Å². The summed E-state index contributed by atoms with van der Waals surface area (Å²) in [5.74, 6) is 0.392. The molecule has 2 aromatic heterocycles. The second kappa shape index (κ2) is 10.6. The molecule has 1 fully saturated rings. The molecule has 1 aliphatic rings. The summed E-state index contributed by atoms with van der Waals surface area (Å²) in [5, 5.41) is 0. The van der Waals surface area contributed by atoms with Crippen LogP contribution in [0.1, 0.15) is 68.2 Å². The highest BCUT2D eigenvalue weighted by Crippen LogP contribution is 2.24. The third kappa shape index (κ3) is 6.97. The first-order valence-corrected chi connectivity index (χ1v) is 10.3. The average molecular weight is 385 g/mol. The van der Waals surface area contributed by atoms with Gasteiger partial charge in [-0.2, -0.15) is 0 Å². The second-order valence-electron chi connectivity index (χ2n) is 7.72. The zero-order chi connectivity index (χ0) is 19.8. The van der Waals surface area contributed by atoms with E-state index in [0.29, 0.717) is 31.8 Å². The van der Waals surface area contributed by atoms with E-state index in [9.17, 15) is 0 Å². The molecule has 152 valence electrons. The lowest BCUT2D eigenvalue weighted by Crippen LogP contribution is -2.11. The Hall–Kier alpha value is -1.82. The maximum atomic E-state index is 6.03. The van der Waals surface area contributed by atoms with Crippen LogP contribution in [-0.2, 0) is 34.0 Å². The molecule has 0 bridgehead atoms. The zero-order valence-electron chi connectivity index (χ0n) is 17.3. The summed E-state index contributed by atoms with van der Waals surface area (Å²) in [6.07, 6.45) is 5.02. The zero-order valence-corrected chi connectivity index (χ0v) is 17.3. The van der Waals surface area contributed by atoms with Gasteiger partial charge < -0.3 is 14.2 Å². The maximum absolute atomic E-state index is 6.03. The Morgan fingerprint density at radius 1 is 0.893 bits per heavy atom. The topological polar surface area (TPSA) is 53.5 Å². The Bertz CT molecular complexity index is 733.